The lowest BCUT2D eigenvalue weighted by Crippen LogP contribution is -2.32. The number of alkyl halides is 1. The van der Waals surface area contributed by atoms with Gasteiger partial charge in [-0.2, -0.15) is 0 Å². The molecule has 3 aromatic heterocycles. The van der Waals surface area contributed by atoms with E-state index in [4.69, 9.17) is 14.7 Å². The smallest absolute Gasteiger partial charge is 0.177 e. The van der Waals surface area contributed by atoms with Crippen LogP contribution in [0.4, 0.5) is 10.2 Å². The van der Waals surface area contributed by atoms with Gasteiger partial charge in [-0.1, -0.05) is 19.9 Å². The van der Waals surface area contributed by atoms with Crippen LogP contribution >= 0.6 is 0 Å². The summed E-state index contributed by atoms with van der Waals surface area (Å²) in [5.74, 6) is 3.46. The van der Waals surface area contributed by atoms with Gasteiger partial charge in [0, 0.05) is 41.7 Å². The molecular formula is C29H34FN7O. The van der Waals surface area contributed by atoms with Crippen molar-refractivity contribution in [2.75, 3.05) is 31.3 Å². The van der Waals surface area contributed by atoms with Gasteiger partial charge in [-0.3, -0.25) is 0 Å². The van der Waals surface area contributed by atoms with Crippen LogP contribution in [0.3, 0.4) is 0 Å². The van der Waals surface area contributed by atoms with Crippen molar-refractivity contribution < 1.29 is 9.13 Å². The first kappa shape index (κ1) is 24.7. The second-order valence-corrected chi connectivity index (χ2v) is 11.1. The Labute approximate surface area is 222 Å². The summed E-state index contributed by atoms with van der Waals surface area (Å²) in [5, 5.41) is 3.12. The summed E-state index contributed by atoms with van der Waals surface area (Å²) in [6.07, 6.45) is 4.84. The number of rotatable bonds is 6. The average molecular weight is 516 g/mol. The van der Waals surface area contributed by atoms with Crippen molar-refractivity contribution >= 4 is 17.0 Å². The molecule has 9 heteroatoms. The lowest BCUT2D eigenvalue weighted by atomic mass is 9.76. The van der Waals surface area contributed by atoms with Crippen LogP contribution < -0.4 is 15.0 Å². The number of hydrogen-bond acceptors (Lipinski definition) is 7. The summed E-state index contributed by atoms with van der Waals surface area (Å²) >= 11 is 0. The normalized spacial score (nSPS) is 16.6. The van der Waals surface area contributed by atoms with E-state index in [1.807, 2.05) is 13.1 Å². The number of H-pyrrole nitrogens is 1. The van der Waals surface area contributed by atoms with Crippen molar-refractivity contribution in [1.82, 2.24) is 30.2 Å². The highest BCUT2D eigenvalue weighted by Crippen LogP contribution is 2.39. The van der Waals surface area contributed by atoms with Gasteiger partial charge in [-0.05, 0) is 55.4 Å². The minimum absolute atomic E-state index is 0.198. The zero-order chi connectivity index (χ0) is 26.3. The number of aromatic nitrogens is 5. The van der Waals surface area contributed by atoms with Crippen molar-refractivity contribution in [1.29, 1.82) is 0 Å². The van der Waals surface area contributed by atoms with Gasteiger partial charge in [0.15, 0.2) is 5.65 Å². The molecule has 0 fully saturated rings. The second-order valence-electron chi connectivity index (χ2n) is 11.1. The fourth-order valence-electron chi connectivity index (χ4n) is 5.52. The molecule has 2 aliphatic rings. The third-order valence-electron chi connectivity index (χ3n) is 7.49. The SMILES string of the molecule is Cc1nc2ncc(-c3ccc4c(c3)CN(c3nc(CNCCF)nc5c3CC(C)(C)CC5)CCO4)cc2[nH]1. The van der Waals surface area contributed by atoms with Crippen LogP contribution in [0.1, 0.15) is 48.7 Å². The zero-order valence-corrected chi connectivity index (χ0v) is 22.3. The minimum Gasteiger partial charge on any atom is -0.491 e. The Morgan fingerprint density at radius 3 is 2.92 bits per heavy atom. The summed E-state index contributed by atoms with van der Waals surface area (Å²) in [6, 6.07) is 8.44. The van der Waals surface area contributed by atoms with E-state index < -0.39 is 6.67 Å². The number of aromatic amines is 1. The molecule has 0 saturated carbocycles. The Morgan fingerprint density at radius 2 is 2.05 bits per heavy atom. The molecule has 6 rings (SSSR count). The summed E-state index contributed by atoms with van der Waals surface area (Å²) in [5.41, 5.74) is 7.43. The number of ether oxygens (including phenoxy) is 1. The molecule has 8 nitrogen and oxygen atoms in total. The topological polar surface area (TPSA) is 91.9 Å². The zero-order valence-electron chi connectivity index (χ0n) is 22.3. The lowest BCUT2D eigenvalue weighted by molar-refractivity contribution is 0.310. The highest BCUT2D eigenvalue weighted by Gasteiger charge is 2.31. The molecule has 0 unspecified atom stereocenters. The molecule has 0 amide bonds. The molecule has 198 valence electrons. The highest BCUT2D eigenvalue weighted by molar-refractivity contribution is 5.78. The van der Waals surface area contributed by atoms with E-state index in [0.717, 1.165) is 82.6 Å². The quantitative estimate of drug-likeness (QED) is 0.360. The number of fused-ring (bicyclic) bond motifs is 3. The Morgan fingerprint density at radius 1 is 1.16 bits per heavy atom. The number of pyridine rings is 1. The molecule has 0 spiro atoms. The second kappa shape index (κ2) is 9.94. The van der Waals surface area contributed by atoms with Gasteiger partial charge >= 0.3 is 0 Å². The molecule has 4 heterocycles. The van der Waals surface area contributed by atoms with Gasteiger partial charge in [0.1, 0.15) is 36.5 Å². The Balaban J connectivity index is 1.36. The molecule has 1 aliphatic carbocycles. The predicted octanol–water partition coefficient (Wildman–Crippen LogP) is 4.70. The summed E-state index contributed by atoms with van der Waals surface area (Å²) < 4.78 is 18.9. The molecule has 1 aliphatic heterocycles. The fourth-order valence-corrected chi connectivity index (χ4v) is 5.52. The first-order valence-electron chi connectivity index (χ1n) is 13.4. The Hall–Kier alpha value is -3.59. The van der Waals surface area contributed by atoms with E-state index in [1.54, 1.807) is 0 Å². The van der Waals surface area contributed by atoms with E-state index in [9.17, 15) is 4.39 Å². The monoisotopic (exact) mass is 515 g/mol. The number of halogens is 1. The molecule has 0 atom stereocenters. The van der Waals surface area contributed by atoms with Crippen molar-refractivity contribution in [3.8, 4) is 16.9 Å². The number of hydrogen-bond donors (Lipinski definition) is 2. The van der Waals surface area contributed by atoms with E-state index in [1.165, 1.54) is 5.56 Å². The van der Waals surface area contributed by atoms with Crippen LogP contribution in [0, 0.1) is 12.3 Å². The number of nitrogens with one attached hydrogen (secondary N) is 2. The fraction of sp³-hybridized carbons (Fsp3) is 0.448. The summed E-state index contributed by atoms with van der Waals surface area (Å²) in [7, 11) is 0. The minimum atomic E-state index is -0.406. The third-order valence-corrected chi connectivity index (χ3v) is 7.49. The van der Waals surface area contributed by atoms with Crippen LogP contribution in [-0.4, -0.2) is 51.3 Å². The van der Waals surface area contributed by atoms with Gasteiger partial charge in [0.05, 0.1) is 18.6 Å². The van der Waals surface area contributed by atoms with Crippen LogP contribution in [0.25, 0.3) is 22.3 Å². The first-order chi connectivity index (χ1) is 18.4. The van der Waals surface area contributed by atoms with Gasteiger partial charge < -0.3 is 19.9 Å². The van der Waals surface area contributed by atoms with Gasteiger partial charge in [0.25, 0.3) is 0 Å². The van der Waals surface area contributed by atoms with Crippen molar-refractivity contribution in [3.05, 3.63) is 58.9 Å². The largest absolute Gasteiger partial charge is 0.491 e. The average Bonchev–Trinajstić information content (AvgIpc) is 3.14. The molecule has 4 aromatic rings. The van der Waals surface area contributed by atoms with Gasteiger partial charge in [0.2, 0.25) is 0 Å². The lowest BCUT2D eigenvalue weighted by Gasteiger charge is -2.34. The maximum atomic E-state index is 12.7. The van der Waals surface area contributed by atoms with E-state index in [0.29, 0.717) is 26.2 Å². The maximum Gasteiger partial charge on any atom is 0.177 e. The molecule has 0 radical (unpaired) electrons. The highest BCUT2D eigenvalue weighted by atomic mass is 19.1. The van der Waals surface area contributed by atoms with Crippen LogP contribution in [0.2, 0.25) is 0 Å². The number of benzene rings is 1. The van der Waals surface area contributed by atoms with Crippen LogP contribution in [0.15, 0.2) is 30.5 Å². The van der Waals surface area contributed by atoms with Crippen molar-refractivity contribution in [2.24, 2.45) is 5.41 Å². The summed E-state index contributed by atoms with van der Waals surface area (Å²) in [4.78, 5) is 24.5. The van der Waals surface area contributed by atoms with Crippen molar-refractivity contribution in [3.63, 3.8) is 0 Å². The Bertz CT molecular complexity index is 1480. The first-order valence-corrected chi connectivity index (χ1v) is 13.4. The number of imidazole rings is 1. The van der Waals surface area contributed by atoms with Crippen molar-refractivity contribution in [2.45, 2.75) is 53.1 Å². The van der Waals surface area contributed by atoms with E-state index >= 15 is 0 Å². The molecule has 0 bridgehead atoms. The standard InChI is InChI=1S/C29H34FN7O/c1-18-33-24-13-20(15-32-27(24)34-18)19-4-5-25-21(12-19)17-37(10-11-38-25)28-22-14-29(2,3)7-6-23(22)35-26(36-28)16-31-9-8-30/h4-5,12-13,15,31H,6-11,14,16-17H2,1-3H3,(H,32,33,34). The van der Waals surface area contributed by atoms with Gasteiger partial charge in [-0.15, -0.1) is 0 Å². The predicted molar refractivity (Wildman–Crippen MR) is 146 cm³/mol. The maximum absolute atomic E-state index is 12.7. The molecule has 1 aromatic carbocycles. The number of anilines is 1. The van der Waals surface area contributed by atoms with Gasteiger partial charge in [-0.25, -0.2) is 24.3 Å². The molecule has 2 N–H and O–H groups in total. The molecule has 38 heavy (non-hydrogen) atoms. The third kappa shape index (κ3) is 4.95. The van der Waals surface area contributed by atoms with E-state index in [-0.39, 0.29) is 5.41 Å². The summed E-state index contributed by atoms with van der Waals surface area (Å²) in [6.45, 7) is 8.91. The number of nitrogens with zero attached hydrogens (tertiary/aromatic N) is 5. The van der Waals surface area contributed by atoms with Crippen LogP contribution in [-0.2, 0) is 25.9 Å². The molecular weight excluding hydrogens is 481 g/mol. The number of aryl methyl sites for hydroxylation is 2. The Kier molecular flexibility index (Phi) is 6.47. The molecule has 0 saturated heterocycles. The van der Waals surface area contributed by atoms with Crippen LogP contribution in [0.5, 0.6) is 5.75 Å². The van der Waals surface area contributed by atoms with E-state index in [2.05, 4.69) is 63.3 Å².